The van der Waals surface area contributed by atoms with E-state index in [9.17, 15) is 0 Å². The van der Waals surface area contributed by atoms with Crippen LogP contribution >= 0.6 is 12.2 Å². The van der Waals surface area contributed by atoms with Gasteiger partial charge in [0.2, 0.25) is 0 Å². The fourth-order valence-electron chi connectivity index (χ4n) is 2.34. The lowest BCUT2D eigenvalue weighted by Crippen LogP contribution is -2.26. The molecule has 0 saturated carbocycles. The normalized spacial score (nSPS) is 19.5. The lowest BCUT2D eigenvalue weighted by atomic mass is 9.85. The molecule has 3 nitrogen and oxygen atoms in total. The summed E-state index contributed by atoms with van der Waals surface area (Å²) in [5, 5.41) is 8.10. The lowest BCUT2D eigenvalue weighted by molar-refractivity contribution is 0.637. The Labute approximate surface area is 138 Å². The molecule has 1 aliphatic carbocycles. The highest BCUT2D eigenvalue weighted by Gasteiger charge is 2.18. The van der Waals surface area contributed by atoms with E-state index in [0.29, 0.717) is 11.0 Å². The van der Waals surface area contributed by atoms with Crippen molar-refractivity contribution in [2.24, 2.45) is 11.0 Å². The van der Waals surface area contributed by atoms with Crippen molar-refractivity contribution in [2.75, 3.05) is 5.32 Å². The average Bonchev–Trinajstić information content (AvgIpc) is 2.48. The average molecular weight is 313 g/mol. The second-order valence-corrected chi connectivity index (χ2v) is 6.27. The molecule has 0 aliphatic heterocycles. The van der Waals surface area contributed by atoms with E-state index in [1.54, 1.807) is 0 Å². The van der Waals surface area contributed by atoms with Crippen molar-refractivity contribution in [3.8, 4) is 0 Å². The van der Waals surface area contributed by atoms with Crippen LogP contribution in [0.5, 0.6) is 0 Å². The molecule has 22 heavy (non-hydrogen) atoms. The number of benzene rings is 1. The van der Waals surface area contributed by atoms with Gasteiger partial charge in [0.15, 0.2) is 5.11 Å². The van der Waals surface area contributed by atoms with Gasteiger partial charge < -0.3 is 5.32 Å². The first-order chi connectivity index (χ1) is 10.5. The Bertz CT molecular complexity index is 626. The van der Waals surface area contributed by atoms with Crippen molar-refractivity contribution in [3.05, 3.63) is 53.6 Å². The first-order valence-corrected chi connectivity index (χ1v) is 7.89. The molecule has 0 unspecified atom stereocenters. The Hall–Kier alpha value is -1.94. The molecule has 0 radical (unpaired) electrons. The molecule has 0 amide bonds. The van der Waals surface area contributed by atoms with Crippen LogP contribution in [0.2, 0.25) is 0 Å². The molecular formula is C18H23N3S. The Kier molecular flexibility index (Phi) is 5.50. The fourth-order valence-corrected chi connectivity index (χ4v) is 2.50. The molecule has 0 saturated heterocycles. The second-order valence-electron chi connectivity index (χ2n) is 5.86. The summed E-state index contributed by atoms with van der Waals surface area (Å²) in [5.41, 5.74) is 8.59. The molecule has 0 aromatic heterocycles. The predicted octanol–water partition coefficient (Wildman–Crippen LogP) is 4.57. The lowest BCUT2D eigenvalue weighted by Gasteiger charge is -2.22. The van der Waals surface area contributed by atoms with Crippen molar-refractivity contribution < 1.29 is 0 Å². The molecular weight excluding hydrogens is 290 g/mol. The summed E-state index contributed by atoms with van der Waals surface area (Å²) < 4.78 is 0. The molecule has 116 valence electrons. The number of nitrogens with one attached hydrogen (secondary N) is 2. The molecule has 0 heterocycles. The highest BCUT2D eigenvalue weighted by molar-refractivity contribution is 7.80. The van der Waals surface area contributed by atoms with E-state index >= 15 is 0 Å². The van der Waals surface area contributed by atoms with Crippen LogP contribution in [0.25, 0.3) is 0 Å². The van der Waals surface area contributed by atoms with Gasteiger partial charge >= 0.3 is 0 Å². The Morgan fingerprint density at radius 2 is 1.95 bits per heavy atom. The maximum atomic E-state index is 5.29. The zero-order valence-corrected chi connectivity index (χ0v) is 14.3. The van der Waals surface area contributed by atoms with E-state index in [0.717, 1.165) is 24.2 Å². The molecule has 0 spiro atoms. The highest BCUT2D eigenvalue weighted by Crippen LogP contribution is 2.26. The van der Waals surface area contributed by atoms with Gasteiger partial charge in [-0.2, -0.15) is 5.10 Å². The van der Waals surface area contributed by atoms with E-state index in [1.807, 2.05) is 24.3 Å². The van der Waals surface area contributed by atoms with Gasteiger partial charge in [-0.15, -0.1) is 0 Å². The molecule has 0 bridgehead atoms. The topological polar surface area (TPSA) is 36.4 Å². The summed E-state index contributed by atoms with van der Waals surface area (Å²) in [6, 6.07) is 8.09. The van der Waals surface area contributed by atoms with Gasteiger partial charge in [-0.25, -0.2) is 0 Å². The van der Waals surface area contributed by atoms with Crippen molar-refractivity contribution in [3.63, 3.8) is 0 Å². The molecule has 1 aromatic rings. The van der Waals surface area contributed by atoms with Crippen LogP contribution in [-0.4, -0.2) is 10.8 Å². The van der Waals surface area contributed by atoms with Crippen LogP contribution in [0.3, 0.4) is 0 Å². The van der Waals surface area contributed by atoms with Crippen LogP contribution in [0.4, 0.5) is 5.69 Å². The van der Waals surface area contributed by atoms with Crippen LogP contribution in [0, 0.1) is 12.8 Å². The summed E-state index contributed by atoms with van der Waals surface area (Å²) in [7, 11) is 0. The van der Waals surface area contributed by atoms with Gasteiger partial charge in [-0.05, 0) is 69.5 Å². The third-order valence-corrected chi connectivity index (χ3v) is 4.10. The fraction of sp³-hybridized carbons (Fsp3) is 0.333. The number of hydrogen-bond acceptors (Lipinski definition) is 2. The van der Waals surface area contributed by atoms with Crippen molar-refractivity contribution in [1.29, 1.82) is 0 Å². The number of anilines is 1. The van der Waals surface area contributed by atoms with E-state index < -0.39 is 0 Å². The largest absolute Gasteiger partial charge is 0.331 e. The van der Waals surface area contributed by atoms with Crippen LogP contribution in [0.1, 0.15) is 32.3 Å². The third kappa shape index (κ3) is 4.53. The predicted molar refractivity (Wildman–Crippen MR) is 99.3 cm³/mol. The smallest absolute Gasteiger partial charge is 0.191 e. The van der Waals surface area contributed by atoms with Crippen molar-refractivity contribution in [1.82, 2.24) is 5.43 Å². The van der Waals surface area contributed by atoms with Crippen LogP contribution in [-0.2, 0) is 0 Å². The second kappa shape index (κ2) is 7.36. The number of aryl methyl sites for hydroxylation is 1. The van der Waals surface area contributed by atoms with E-state index in [-0.39, 0.29) is 0 Å². The molecule has 1 aliphatic rings. The number of rotatable bonds is 3. The quantitative estimate of drug-likeness (QED) is 0.487. The highest BCUT2D eigenvalue weighted by atomic mass is 32.1. The van der Waals surface area contributed by atoms with E-state index in [1.165, 1.54) is 16.7 Å². The maximum absolute atomic E-state index is 5.29. The zero-order valence-electron chi connectivity index (χ0n) is 13.4. The number of hydrogen-bond donors (Lipinski definition) is 2. The standard InChI is InChI=1S/C18H23N3S/c1-12(2)15-8-7-14(4)17(11-15)20-21-18(22)19-16-9-5-13(3)6-10-16/h5-7,9-10,15H,1,8,11H2,2-4H3,(H2,19,21,22)/b20-17-/t15-/m1/s1. The van der Waals surface area contributed by atoms with Gasteiger partial charge in [0.05, 0.1) is 5.71 Å². The van der Waals surface area contributed by atoms with Crippen LogP contribution in [0.15, 0.2) is 53.2 Å². The van der Waals surface area contributed by atoms with Gasteiger partial charge in [-0.3, -0.25) is 5.43 Å². The van der Waals surface area contributed by atoms with E-state index in [2.05, 4.69) is 49.3 Å². The Balaban J connectivity index is 1.96. The first-order valence-electron chi connectivity index (χ1n) is 7.48. The number of hydrazone groups is 1. The molecule has 2 N–H and O–H groups in total. The molecule has 1 atom stereocenters. The van der Waals surface area contributed by atoms with E-state index in [4.69, 9.17) is 12.2 Å². The molecule has 0 fully saturated rings. The van der Waals surface area contributed by atoms with Crippen molar-refractivity contribution in [2.45, 2.75) is 33.6 Å². The third-order valence-electron chi connectivity index (χ3n) is 3.90. The van der Waals surface area contributed by atoms with Gasteiger partial charge in [0.25, 0.3) is 0 Å². The minimum absolute atomic E-state index is 0.475. The van der Waals surface area contributed by atoms with Gasteiger partial charge in [0.1, 0.15) is 0 Å². The summed E-state index contributed by atoms with van der Waals surface area (Å²) >= 11 is 5.29. The summed E-state index contributed by atoms with van der Waals surface area (Å²) in [5.74, 6) is 0.475. The first kappa shape index (κ1) is 16.4. The number of thiocarbonyl (C=S) groups is 1. The Morgan fingerprint density at radius 1 is 1.27 bits per heavy atom. The van der Waals surface area contributed by atoms with Crippen molar-refractivity contribution >= 4 is 28.7 Å². The molecule has 1 aromatic carbocycles. The summed E-state index contributed by atoms with van der Waals surface area (Å²) in [4.78, 5) is 0. The Morgan fingerprint density at radius 3 is 2.59 bits per heavy atom. The maximum Gasteiger partial charge on any atom is 0.191 e. The minimum Gasteiger partial charge on any atom is -0.331 e. The summed E-state index contributed by atoms with van der Waals surface area (Å²) in [6.45, 7) is 10.3. The SMILES string of the molecule is C=C(C)[C@@H]1CC=C(C)/C(=N\NC(=S)Nc2ccc(C)cc2)C1. The number of nitrogens with zero attached hydrogens (tertiary/aromatic N) is 1. The monoisotopic (exact) mass is 313 g/mol. The van der Waals surface area contributed by atoms with Crippen LogP contribution < -0.4 is 10.7 Å². The molecule has 2 rings (SSSR count). The summed E-state index contributed by atoms with van der Waals surface area (Å²) in [6.07, 6.45) is 4.18. The van der Waals surface area contributed by atoms with Gasteiger partial charge in [0, 0.05) is 5.69 Å². The minimum atomic E-state index is 0.475. The molecule has 4 heteroatoms. The number of allylic oxidation sites excluding steroid dienone is 3. The zero-order chi connectivity index (χ0) is 16.1. The van der Waals surface area contributed by atoms with Gasteiger partial charge in [-0.1, -0.05) is 35.9 Å².